The number of hydrogen-bond donors (Lipinski definition) is 0. The van der Waals surface area contributed by atoms with Crippen LogP contribution in [0.2, 0.25) is 0 Å². The predicted octanol–water partition coefficient (Wildman–Crippen LogP) is 5.60. The summed E-state index contributed by atoms with van der Waals surface area (Å²) >= 11 is 0. The number of fused-ring (bicyclic) bond motifs is 3. The number of alkyl halides is 6. The lowest BCUT2D eigenvalue weighted by molar-refractivity contribution is -0.127. The van der Waals surface area contributed by atoms with Gasteiger partial charge in [0.15, 0.2) is 6.23 Å². The number of hydrogen-bond acceptors (Lipinski definition) is 5. The quantitative estimate of drug-likeness (QED) is 0.312. The van der Waals surface area contributed by atoms with Crippen molar-refractivity contribution >= 4 is 26.8 Å². The van der Waals surface area contributed by atoms with E-state index in [2.05, 4.69) is 9.28 Å². The summed E-state index contributed by atoms with van der Waals surface area (Å²) < 4.78 is 114. The number of halogens is 6. The highest BCUT2D eigenvalue weighted by Crippen LogP contribution is 2.42. The molecule has 0 N–H and O–H groups in total. The van der Waals surface area contributed by atoms with E-state index in [0.717, 1.165) is 12.8 Å². The molecule has 0 spiro atoms. The summed E-state index contributed by atoms with van der Waals surface area (Å²) in [6.45, 7) is 0.549. The van der Waals surface area contributed by atoms with Crippen LogP contribution in [-0.4, -0.2) is 36.5 Å². The number of aromatic nitrogens is 2. The molecule has 4 rings (SSSR count). The summed E-state index contributed by atoms with van der Waals surface area (Å²) in [5.41, 5.74) is -5.46. The average molecular weight is 498 g/mol. The Morgan fingerprint density at radius 3 is 2.48 bits per heavy atom. The van der Waals surface area contributed by atoms with Crippen molar-refractivity contribution in [3.63, 3.8) is 0 Å². The van der Waals surface area contributed by atoms with Gasteiger partial charge in [0.2, 0.25) is 0 Å². The van der Waals surface area contributed by atoms with Gasteiger partial charge < -0.3 is 8.92 Å². The molecule has 2 aliphatic rings. The van der Waals surface area contributed by atoms with E-state index in [1.807, 2.05) is 0 Å². The standard InChI is InChI=1S/C20H20F6N2O4S/c21-19(22,23)10-12-4-3-5-13-14(18(12)32-33(29,30)20(24,25)26)7-8-16-15(13)11-27-28(16)17-6-1-2-9-31-17/h7-8,11,17H,1-6,9-10H2. The highest BCUT2D eigenvalue weighted by molar-refractivity contribution is 7.87. The molecule has 1 saturated heterocycles. The number of allylic oxidation sites excluding steroid dienone is 1. The summed E-state index contributed by atoms with van der Waals surface area (Å²) in [4.78, 5) is 0. The molecule has 2 heterocycles. The number of nitrogens with zero attached hydrogens (tertiary/aromatic N) is 2. The van der Waals surface area contributed by atoms with E-state index in [1.54, 1.807) is 4.68 Å². The van der Waals surface area contributed by atoms with Gasteiger partial charge in [-0.2, -0.15) is 39.9 Å². The number of ether oxygens (including phenoxy) is 1. The van der Waals surface area contributed by atoms with Crippen LogP contribution in [0.15, 0.2) is 23.9 Å². The first-order chi connectivity index (χ1) is 15.4. The van der Waals surface area contributed by atoms with Crippen LogP contribution in [0.5, 0.6) is 0 Å². The van der Waals surface area contributed by atoms with Gasteiger partial charge >= 0.3 is 21.8 Å². The molecule has 6 nitrogen and oxygen atoms in total. The van der Waals surface area contributed by atoms with Crippen molar-refractivity contribution in [1.29, 1.82) is 0 Å². The Morgan fingerprint density at radius 2 is 1.85 bits per heavy atom. The zero-order valence-corrected chi connectivity index (χ0v) is 18.0. The van der Waals surface area contributed by atoms with Crippen LogP contribution >= 0.6 is 0 Å². The van der Waals surface area contributed by atoms with Gasteiger partial charge in [-0.15, -0.1) is 0 Å². The van der Waals surface area contributed by atoms with E-state index in [1.165, 1.54) is 18.3 Å². The highest BCUT2D eigenvalue weighted by Gasteiger charge is 2.49. The topological polar surface area (TPSA) is 70.4 Å². The van der Waals surface area contributed by atoms with Gasteiger partial charge in [-0.3, -0.25) is 0 Å². The maximum Gasteiger partial charge on any atom is 0.534 e. The minimum atomic E-state index is -6.18. The van der Waals surface area contributed by atoms with E-state index in [0.29, 0.717) is 29.5 Å². The van der Waals surface area contributed by atoms with Crippen LogP contribution in [0.1, 0.15) is 55.9 Å². The largest absolute Gasteiger partial charge is 0.534 e. The van der Waals surface area contributed by atoms with Crippen LogP contribution < -0.4 is 0 Å². The molecule has 1 aromatic carbocycles. The fraction of sp³-hybridized carbons (Fsp3) is 0.550. The molecule has 1 unspecified atom stereocenters. The maximum absolute atomic E-state index is 13.2. The Kier molecular flexibility index (Phi) is 6.14. The molecule has 1 aliphatic heterocycles. The zero-order valence-electron chi connectivity index (χ0n) is 17.2. The lowest BCUT2D eigenvalue weighted by Crippen LogP contribution is -2.25. The number of benzene rings is 1. The van der Waals surface area contributed by atoms with Crippen molar-refractivity contribution in [2.75, 3.05) is 6.61 Å². The molecule has 0 radical (unpaired) electrons. The van der Waals surface area contributed by atoms with Crippen molar-refractivity contribution in [3.05, 3.63) is 35.0 Å². The van der Waals surface area contributed by atoms with E-state index < -0.39 is 39.6 Å². The van der Waals surface area contributed by atoms with E-state index in [-0.39, 0.29) is 31.1 Å². The van der Waals surface area contributed by atoms with Crippen molar-refractivity contribution in [1.82, 2.24) is 9.78 Å². The minimum Gasteiger partial charge on any atom is -0.375 e. The molecule has 1 aromatic heterocycles. The van der Waals surface area contributed by atoms with Gasteiger partial charge in [0.25, 0.3) is 0 Å². The van der Waals surface area contributed by atoms with Crippen molar-refractivity contribution < 1.29 is 43.7 Å². The average Bonchev–Trinajstić information content (AvgIpc) is 3.08. The molecular formula is C20H20F6N2O4S. The van der Waals surface area contributed by atoms with Gasteiger partial charge in [0.1, 0.15) is 5.76 Å². The third-order valence-electron chi connectivity index (χ3n) is 5.68. The van der Waals surface area contributed by atoms with Gasteiger partial charge in [-0.05, 0) is 61.8 Å². The zero-order chi connectivity index (χ0) is 24.0. The van der Waals surface area contributed by atoms with Crippen LogP contribution in [0.4, 0.5) is 26.3 Å². The smallest absolute Gasteiger partial charge is 0.375 e. The van der Waals surface area contributed by atoms with E-state index >= 15 is 0 Å². The fourth-order valence-corrected chi connectivity index (χ4v) is 4.78. The van der Waals surface area contributed by atoms with Crippen LogP contribution in [0.25, 0.3) is 16.7 Å². The SMILES string of the molecule is O=S(=O)(OC1=C(CC(F)(F)F)CCCc2c1ccc1c2cnn1C1CCCCO1)C(F)(F)F. The van der Waals surface area contributed by atoms with Gasteiger partial charge in [0.05, 0.1) is 18.1 Å². The lowest BCUT2D eigenvalue weighted by atomic mass is 9.99. The van der Waals surface area contributed by atoms with Crippen molar-refractivity contribution in [3.8, 4) is 0 Å². The first kappa shape index (κ1) is 23.9. The first-order valence-corrected chi connectivity index (χ1v) is 11.7. The molecule has 182 valence electrons. The Labute approximate surface area is 185 Å². The molecule has 1 aliphatic carbocycles. The van der Waals surface area contributed by atoms with Crippen molar-refractivity contribution in [2.45, 2.75) is 62.9 Å². The third kappa shape index (κ3) is 4.84. The summed E-state index contributed by atoms with van der Waals surface area (Å²) in [6.07, 6.45) is -2.55. The lowest BCUT2D eigenvalue weighted by Gasteiger charge is -2.23. The summed E-state index contributed by atoms with van der Waals surface area (Å²) in [5, 5.41) is 4.83. The Morgan fingerprint density at radius 1 is 1.09 bits per heavy atom. The minimum absolute atomic E-state index is 0.115. The van der Waals surface area contributed by atoms with Gasteiger partial charge in [-0.1, -0.05) is 0 Å². The van der Waals surface area contributed by atoms with Gasteiger partial charge in [0, 0.05) is 17.6 Å². The van der Waals surface area contributed by atoms with Crippen LogP contribution in [0, 0.1) is 0 Å². The van der Waals surface area contributed by atoms with Crippen LogP contribution in [-0.2, 0) is 25.5 Å². The maximum atomic E-state index is 13.2. The Bertz CT molecular complexity index is 1180. The van der Waals surface area contributed by atoms with Crippen molar-refractivity contribution in [2.24, 2.45) is 0 Å². The molecule has 1 fully saturated rings. The molecule has 0 bridgehead atoms. The number of aryl methyl sites for hydroxylation is 1. The number of rotatable bonds is 4. The van der Waals surface area contributed by atoms with Crippen LogP contribution in [0.3, 0.4) is 0 Å². The summed E-state index contributed by atoms with van der Waals surface area (Å²) in [6, 6.07) is 2.78. The molecule has 2 aromatic rings. The second-order valence-electron chi connectivity index (χ2n) is 8.00. The molecule has 33 heavy (non-hydrogen) atoms. The highest BCUT2D eigenvalue weighted by atomic mass is 32.2. The molecule has 13 heteroatoms. The monoisotopic (exact) mass is 498 g/mol. The summed E-state index contributed by atoms with van der Waals surface area (Å²) in [5.74, 6) is -0.916. The molecule has 1 atom stereocenters. The summed E-state index contributed by atoms with van der Waals surface area (Å²) in [7, 11) is -6.18. The van der Waals surface area contributed by atoms with Gasteiger partial charge in [-0.25, -0.2) is 4.68 Å². The molecular weight excluding hydrogens is 478 g/mol. The molecule has 0 amide bonds. The van der Waals surface area contributed by atoms with E-state index in [4.69, 9.17) is 4.74 Å². The molecule has 0 saturated carbocycles. The third-order valence-corrected chi connectivity index (χ3v) is 6.63. The second-order valence-corrected chi connectivity index (χ2v) is 9.53. The Balaban J connectivity index is 1.86. The normalized spacial score (nSPS) is 20.6. The van der Waals surface area contributed by atoms with E-state index in [9.17, 15) is 34.8 Å². The fourth-order valence-electron chi connectivity index (χ4n) is 4.26. The Hall–Kier alpha value is -2.28. The predicted molar refractivity (Wildman–Crippen MR) is 105 cm³/mol. The first-order valence-electron chi connectivity index (χ1n) is 10.3. The second kappa shape index (κ2) is 8.49.